The number of nitrogen functional groups attached to an aromatic ring is 1. The molecule has 3 heteroatoms. The van der Waals surface area contributed by atoms with E-state index >= 15 is 0 Å². The maximum atomic E-state index is 5.89. The third kappa shape index (κ3) is 1.60. The largest absolute Gasteiger partial charge is 0.384 e. The topological polar surface area (TPSA) is 43.8 Å². The Morgan fingerprint density at radius 2 is 2.25 bits per heavy atom. The molecule has 0 aromatic carbocycles. The number of nitrogens with zero attached hydrogens (tertiary/aromatic N) is 2. The molecule has 0 spiro atoms. The Morgan fingerprint density at radius 1 is 1.58 bits per heavy atom. The molecule has 1 heterocycles. The van der Waals surface area contributed by atoms with Crippen LogP contribution in [0.4, 0.5) is 5.82 Å². The van der Waals surface area contributed by atoms with Crippen molar-refractivity contribution in [1.82, 2.24) is 9.55 Å². The number of imidazole rings is 1. The molecule has 68 valence electrons. The molecule has 0 atom stereocenters. The van der Waals surface area contributed by atoms with Crippen molar-refractivity contribution < 1.29 is 0 Å². The van der Waals surface area contributed by atoms with Crippen molar-refractivity contribution in [1.29, 1.82) is 0 Å². The van der Waals surface area contributed by atoms with Crippen LogP contribution in [0.3, 0.4) is 0 Å². The third-order valence-corrected chi connectivity index (χ3v) is 1.95. The Bertz CT molecular complexity index is 250. The van der Waals surface area contributed by atoms with Crippen molar-refractivity contribution >= 4 is 5.82 Å². The third-order valence-electron chi connectivity index (χ3n) is 1.95. The highest BCUT2D eigenvalue weighted by Gasteiger charge is 2.07. The van der Waals surface area contributed by atoms with Gasteiger partial charge in [-0.3, -0.25) is 0 Å². The van der Waals surface area contributed by atoms with E-state index < -0.39 is 0 Å². The lowest BCUT2D eigenvalue weighted by Crippen LogP contribution is -2.05. The fourth-order valence-corrected chi connectivity index (χ4v) is 1.25. The molecule has 0 bridgehead atoms. The van der Waals surface area contributed by atoms with Gasteiger partial charge in [-0.15, -0.1) is 0 Å². The van der Waals surface area contributed by atoms with Gasteiger partial charge in [0.1, 0.15) is 5.82 Å². The first-order chi connectivity index (χ1) is 5.66. The highest BCUT2D eigenvalue weighted by Crippen LogP contribution is 2.16. The van der Waals surface area contributed by atoms with E-state index in [-0.39, 0.29) is 0 Å². The van der Waals surface area contributed by atoms with E-state index in [1.807, 2.05) is 10.9 Å². The lowest BCUT2D eigenvalue weighted by atomic mass is 10.2. The van der Waals surface area contributed by atoms with E-state index in [9.17, 15) is 0 Å². The SMILES string of the molecule is CCCc1ncn(C(C)C)c1N. The van der Waals surface area contributed by atoms with Crippen LogP contribution in [-0.2, 0) is 6.42 Å². The van der Waals surface area contributed by atoms with Crippen LogP contribution in [0, 0.1) is 0 Å². The van der Waals surface area contributed by atoms with E-state index in [1.54, 1.807) is 0 Å². The van der Waals surface area contributed by atoms with Crippen molar-refractivity contribution in [2.24, 2.45) is 0 Å². The van der Waals surface area contributed by atoms with Gasteiger partial charge in [-0.1, -0.05) is 13.3 Å². The lowest BCUT2D eigenvalue weighted by Gasteiger charge is -2.08. The molecule has 0 aliphatic carbocycles. The smallest absolute Gasteiger partial charge is 0.126 e. The molecule has 0 saturated carbocycles. The molecular formula is C9H17N3. The van der Waals surface area contributed by atoms with Gasteiger partial charge in [-0.2, -0.15) is 0 Å². The van der Waals surface area contributed by atoms with Crippen LogP contribution in [0.2, 0.25) is 0 Å². The second-order valence-electron chi connectivity index (χ2n) is 3.33. The fraction of sp³-hybridized carbons (Fsp3) is 0.667. The summed E-state index contributed by atoms with van der Waals surface area (Å²) in [6.45, 7) is 6.34. The Hall–Kier alpha value is -0.990. The predicted molar refractivity (Wildman–Crippen MR) is 51.0 cm³/mol. The minimum absolute atomic E-state index is 0.406. The molecule has 0 fully saturated rings. The normalized spacial score (nSPS) is 11.0. The molecule has 1 rings (SSSR count). The number of rotatable bonds is 3. The molecule has 0 saturated heterocycles. The summed E-state index contributed by atoms with van der Waals surface area (Å²) < 4.78 is 2.00. The molecule has 2 N–H and O–H groups in total. The molecule has 0 radical (unpaired) electrons. The number of aromatic nitrogens is 2. The Labute approximate surface area is 73.6 Å². The summed E-state index contributed by atoms with van der Waals surface area (Å²) >= 11 is 0. The Morgan fingerprint density at radius 3 is 2.67 bits per heavy atom. The van der Waals surface area contributed by atoms with Crippen molar-refractivity contribution in [3.8, 4) is 0 Å². The first kappa shape index (κ1) is 9.10. The van der Waals surface area contributed by atoms with Gasteiger partial charge in [-0.05, 0) is 20.3 Å². The van der Waals surface area contributed by atoms with Gasteiger partial charge >= 0.3 is 0 Å². The van der Waals surface area contributed by atoms with Crippen LogP contribution < -0.4 is 5.73 Å². The minimum Gasteiger partial charge on any atom is -0.384 e. The van der Waals surface area contributed by atoms with Crippen molar-refractivity contribution in [3.63, 3.8) is 0 Å². The summed E-state index contributed by atoms with van der Waals surface area (Å²) in [6.07, 6.45) is 3.90. The second kappa shape index (κ2) is 3.61. The van der Waals surface area contributed by atoms with Crippen LogP contribution in [0.5, 0.6) is 0 Å². The average molecular weight is 167 g/mol. The van der Waals surface area contributed by atoms with Crippen molar-refractivity contribution in [2.45, 2.75) is 39.7 Å². The van der Waals surface area contributed by atoms with Gasteiger partial charge in [0.15, 0.2) is 0 Å². The van der Waals surface area contributed by atoms with Gasteiger partial charge in [0, 0.05) is 6.04 Å². The van der Waals surface area contributed by atoms with E-state index in [1.165, 1.54) is 0 Å². The molecule has 0 aliphatic rings. The number of nitrogens with two attached hydrogens (primary N) is 1. The van der Waals surface area contributed by atoms with Crippen LogP contribution >= 0.6 is 0 Å². The zero-order chi connectivity index (χ0) is 9.14. The highest BCUT2D eigenvalue weighted by molar-refractivity contribution is 5.36. The number of hydrogen-bond donors (Lipinski definition) is 1. The van der Waals surface area contributed by atoms with Gasteiger partial charge in [0.05, 0.1) is 12.0 Å². The van der Waals surface area contributed by atoms with E-state index in [4.69, 9.17) is 5.73 Å². The molecular weight excluding hydrogens is 150 g/mol. The summed E-state index contributed by atoms with van der Waals surface area (Å²) in [7, 11) is 0. The fourth-order valence-electron chi connectivity index (χ4n) is 1.25. The van der Waals surface area contributed by atoms with Crippen LogP contribution in [0.15, 0.2) is 6.33 Å². The van der Waals surface area contributed by atoms with E-state index in [0.717, 1.165) is 24.4 Å². The van der Waals surface area contributed by atoms with E-state index in [2.05, 4.69) is 25.8 Å². The summed E-state index contributed by atoms with van der Waals surface area (Å²) in [5.74, 6) is 0.826. The maximum absolute atomic E-state index is 5.89. The second-order valence-corrected chi connectivity index (χ2v) is 3.33. The summed E-state index contributed by atoms with van der Waals surface area (Å²) in [4.78, 5) is 4.26. The zero-order valence-electron chi connectivity index (χ0n) is 8.04. The van der Waals surface area contributed by atoms with Crippen molar-refractivity contribution in [2.75, 3.05) is 5.73 Å². The molecule has 1 aromatic rings. The maximum Gasteiger partial charge on any atom is 0.126 e. The van der Waals surface area contributed by atoms with Crippen LogP contribution in [0.1, 0.15) is 38.9 Å². The first-order valence-electron chi connectivity index (χ1n) is 4.48. The summed E-state index contributed by atoms with van der Waals surface area (Å²) in [5.41, 5.74) is 6.92. The number of aryl methyl sites for hydroxylation is 1. The number of anilines is 1. The quantitative estimate of drug-likeness (QED) is 0.748. The zero-order valence-corrected chi connectivity index (χ0v) is 8.04. The van der Waals surface area contributed by atoms with Crippen molar-refractivity contribution in [3.05, 3.63) is 12.0 Å². The molecule has 12 heavy (non-hydrogen) atoms. The van der Waals surface area contributed by atoms with E-state index in [0.29, 0.717) is 6.04 Å². The summed E-state index contributed by atoms with van der Waals surface area (Å²) in [5, 5.41) is 0. The lowest BCUT2D eigenvalue weighted by molar-refractivity contribution is 0.607. The number of hydrogen-bond acceptors (Lipinski definition) is 2. The standard InChI is InChI=1S/C9H17N3/c1-4-5-8-9(10)12(6-11-8)7(2)3/h6-7H,4-5,10H2,1-3H3. The van der Waals surface area contributed by atoms with Gasteiger partial charge in [0.25, 0.3) is 0 Å². The van der Waals surface area contributed by atoms with Crippen LogP contribution in [0.25, 0.3) is 0 Å². The highest BCUT2D eigenvalue weighted by atomic mass is 15.1. The monoisotopic (exact) mass is 167 g/mol. The summed E-state index contributed by atoms with van der Waals surface area (Å²) in [6, 6.07) is 0.406. The molecule has 1 aromatic heterocycles. The molecule has 0 unspecified atom stereocenters. The molecule has 0 aliphatic heterocycles. The average Bonchev–Trinajstić information content (AvgIpc) is 2.34. The Balaban J connectivity index is 2.88. The molecule has 3 nitrogen and oxygen atoms in total. The first-order valence-corrected chi connectivity index (χ1v) is 4.48. The van der Waals surface area contributed by atoms with Gasteiger partial charge in [0.2, 0.25) is 0 Å². The van der Waals surface area contributed by atoms with Crippen LogP contribution in [-0.4, -0.2) is 9.55 Å². The predicted octanol–water partition coefficient (Wildman–Crippen LogP) is 2.00. The van der Waals surface area contributed by atoms with Gasteiger partial charge in [-0.25, -0.2) is 4.98 Å². The Kier molecular flexibility index (Phi) is 2.74. The molecule has 0 amide bonds. The van der Waals surface area contributed by atoms with Gasteiger partial charge < -0.3 is 10.3 Å². The minimum atomic E-state index is 0.406.